The zero-order valence-electron chi connectivity index (χ0n) is 14.2. The Morgan fingerprint density at radius 1 is 1.23 bits per heavy atom. The van der Waals surface area contributed by atoms with Gasteiger partial charge in [-0.2, -0.15) is 0 Å². The van der Waals surface area contributed by atoms with Gasteiger partial charge in [-0.1, -0.05) is 0 Å². The standard InChI is InChI=1S/C16H28N4O2/c1-13-11-15(21)16(22)14(20(13)10-5-17(2)3)12-19-8-6-18(4)7-9-19/h11,22H,5-10,12H2,1-4H3. The van der Waals surface area contributed by atoms with E-state index in [4.69, 9.17) is 0 Å². The minimum atomic E-state index is -0.275. The summed E-state index contributed by atoms with van der Waals surface area (Å²) in [6.45, 7) is 8.18. The van der Waals surface area contributed by atoms with Gasteiger partial charge in [0.05, 0.1) is 5.69 Å². The van der Waals surface area contributed by atoms with Gasteiger partial charge in [0.15, 0.2) is 5.75 Å². The highest BCUT2D eigenvalue weighted by Crippen LogP contribution is 2.18. The summed E-state index contributed by atoms with van der Waals surface area (Å²) in [5.74, 6) is -0.0942. The van der Waals surface area contributed by atoms with Crippen LogP contribution in [0.15, 0.2) is 10.9 Å². The van der Waals surface area contributed by atoms with Crippen LogP contribution in [0, 0.1) is 6.92 Å². The number of aromatic hydroxyl groups is 1. The van der Waals surface area contributed by atoms with E-state index in [0.717, 1.165) is 50.7 Å². The van der Waals surface area contributed by atoms with Gasteiger partial charge in [-0.05, 0) is 28.1 Å². The number of aromatic nitrogens is 1. The van der Waals surface area contributed by atoms with Crippen LogP contribution in [0.2, 0.25) is 0 Å². The van der Waals surface area contributed by atoms with E-state index < -0.39 is 0 Å². The first-order chi connectivity index (χ1) is 10.4. The molecule has 0 bridgehead atoms. The fraction of sp³-hybridized carbons (Fsp3) is 0.688. The third kappa shape index (κ3) is 4.09. The van der Waals surface area contributed by atoms with E-state index in [1.807, 2.05) is 21.0 Å². The van der Waals surface area contributed by atoms with Gasteiger partial charge in [-0.3, -0.25) is 9.69 Å². The van der Waals surface area contributed by atoms with Crippen LogP contribution in [-0.2, 0) is 13.1 Å². The topological polar surface area (TPSA) is 52.0 Å². The summed E-state index contributed by atoms with van der Waals surface area (Å²) in [7, 11) is 6.17. The first-order valence-corrected chi connectivity index (χ1v) is 7.86. The molecule has 0 amide bonds. The first-order valence-electron chi connectivity index (χ1n) is 7.86. The molecule has 1 aromatic rings. The van der Waals surface area contributed by atoms with Gasteiger partial charge in [-0.25, -0.2) is 0 Å². The summed E-state index contributed by atoms with van der Waals surface area (Å²) in [5.41, 5.74) is 1.38. The number of pyridine rings is 1. The van der Waals surface area contributed by atoms with E-state index in [1.165, 1.54) is 6.07 Å². The lowest BCUT2D eigenvalue weighted by Gasteiger charge is -2.33. The molecule has 0 unspecified atom stereocenters. The largest absolute Gasteiger partial charge is 0.503 e. The molecular formula is C16H28N4O2. The number of piperazine rings is 1. The third-order valence-electron chi connectivity index (χ3n) is 4.34. The van der Waals surface area contributed by atoms with Crippen molar-refractivity contribution in [3.8, 4) is 5.75 Å². The number of likely N-dealkylation sites (N-methyl/N-ethyl adjacent to an activating group) is 2. The monoisotopic (exact) mass is 308 g/mol. The molecule has 6 heteroatoms. The van der Waals surface area contributed by atoms with Crippen LogP contribution in [0.1, 0.15) is 11.4 Å². The second-order valence-electron chi connectivity index (χ2n) is 6.48. The Bertz CT molecular complexity index is 560. The fourth-order valence-electron chi connectivity index (χ4n) is 2.81. The third-order valence-corrected chi connectivity index (χ3v) is 4.34. The molecule has 1 fully saturated rings. The molecule has 1 aromatic heterocycles. The van der Waals surface area contributed by atoms with E-state index in [2.05, 4.69) is 26.3 Å². The van der Waals surface area contributed by atoms with Crippen LogP contribution in [0.4, 0.5) is 0 Å². The Morgan fingerprint density at radius 3 is 2.45 bits per heavy atom. The quantitative estimate of drug-likeness (QED) is 0.840. The van der Waals surface area contributed by atoms with Crippen molar-refractivity contribution in [2.75, 3.05) is 53.9 Å². The molecule has 2 heterocycles. The summed E-state index contributed by atoms with van der Waals surface area (Å²) in [6, 6.07) is 1.53. The zero-order chi connectivity index (χ0) is 16.3. The first kappa shape index (κ1) is 17.0. The number of hydrogen-bond donors (Lipinski definition) is 1. The van der Waals surface area contributed by atoms with Crippen molar-refractivity contribution in [3.05, 3.63) is 27.7 Å². The van der Waals surface area contributed by atoms with E-state index in [-0.39, 0.29) is 11.2 Å². The van der Waals surface area contributed by atoms with Crippen LogP contribution >= 0.6 is 0 Å². The highest BCUT2D eigenvalue weighted by Gasteiger charge is 2.19. The number of hydrogen-bond acceptors (Lipinski definition) is 5. The van der Waals surface area contributed by atoms with Crippen molar-refractivity contribution in [1.29, 1.82) is 0 Å². The van der Waals surface area contributed by atoms with E-state index in [1.54, 1.807) is 0 Å². The highest BCUT2D eigenvalue weighted by molar-refractivity contribution is 5.30. The number of aryl methyl sites for hydroxylation is 1. The maximum atomic E-state index is 11.9. The van der Waals surface area contributed by atoms with Gasteiger partial charge in [0.25, 0.3) is 0 Å². The summed E-state index contributed by atoms with van der Waals surface area (Å²) in [5, 5.41) is 10.3. The van der Waals surface area contributed by atoms with Crippen LogP contribution < -0.4 is 5.43 Å². The summed E-state index contributed by atoms with van der Waals surface area (Å²) in [4.78, 5) is 18.7. The molecule has 1 saturated heterocycles. The molecule has 0 aromatic carbocycles. The lowest BCUT2D eigenvalue weighted by atomic mass is 10.2. The van der Waals surface area contributed by atoms with Crippen LogP contribution in [0.25, 0.3) is 0 Å². The van der Waals surface area contributed by atoms with Crippen molar-refractivity contribution in [1.82, 2.24) is 19.3 Å². The lowest BCUT2D eigenvalue weighted by Crippen LogP contribution is -2.44. The molecular weight excluding hydrogens is 280 g/mol. The SMILES string of the molecule is Cc1cc(=O)c(O)c(CN2CCN(C)CC2)n1CCN(C)C. The Hall–Kier alpha value is -1.37. The van der Waals surface area contributed by atoms with Crippen molar-refractivity contribution >= 4 is 0 Å². The minimum absolute atomic E-state index is 0.0942. The van der Waals surface area contributed by atoms with Gasteiger partial charge in [0.1, 0.15) is 0 Å². The average molecular weight is 308 g/mol. The smallest absolute Gasteiger partial charge is 0.223 e. The normalized spacial score (nSPS) is 17.3. The van der Waals surface area contributed by atoms with E-state index >= 15 is 0 Å². The molecule has 2 rings (SSSR count). The Morgan fingerprint density at radius 2 is 1.86 bits per heavy atom. The van der Waals surface area contributed by atoms with Crippen molar-refractivity contribution in [3.63, 3.8) is 0 Å². The van der Waals surface area contributed by atoms with Crippen molar-refractivity contribution < 1.29 is 5.11 Å². The fourth-order valence-corrected chi connectivity index (χ4v) is 2.81. The van der Waals surface area contributed by atoms with Gasteiger partial charge in [-0.15, -0.1) is 0 Å². The Labute approximate surface area is 132 Å². The second kappa shape index (κ2) is 7.26. The average Bonchev–Trinajstić information content (AvgIpc) is 2.46. The van der Waals surface area contributed by atoms with Gasteiger partial charge >= 0.3 is 0 Å². The highest BCUT2D eigenvalue weighted by atomic mass is 16.3. The van der Waals surface area contributed by atoms with Crippen LogP contribution in [0.5, 0.6) is 5.75 Å². The molecule has 0 aliphatic carbocycles. The number of nitrogens with zero attached hydrogens (tertiary/aromatic N) is 4. The van der Waals surface area contributed by atoms with Crippen LogP contribution in [-0.4, -0.2) is 78.2 Å². The molecule has 0 radical (unpaired) electrons. The lowest BCUT2D eigenvalue weighted by molar-refractivity contribution is 0.143. The molecule has 124 valence electrons. The summed E-state index contributed by atoms with van der Waals surface area (Å²) < 4.78 is 2.08. The zero-order valence-corrected chi connectivity index (χ0v) is 14.2. The van der Waals surface area contributed by atoms with Crippen molar-refractivity contribution in [2.45, 2.75) is 20.0 Å². The van der Waals surface area contributed by atoms with E-state index in [0.29, 0.717) is 6.54 Å². The summed E-state index contributed by atoms with van der Waals surface area (Å²) in [6.07, 6.45) is 0. The molecule has 1 aliphatic rings. The van der Waals surface area contributed by atoms with Gasteiger partial charge in [0, 0.05) is 57.6 Å². The second-order valence-corrected chi connectivity index (χ2v) is 6.48. The molecule has 22 heavy (non-hydrogen) atoms. The Balaban J connectivity index is 2.25. The van der Waals surface area contributed by atoms with E-state index in [9.17, 15) is 9.90 Å². The maximum Gasteiger partial charge on any atom is 0.223 e. The number of rotatable bonds is 5. The predicted octanol–water partition coefficient (Wildman–Crippen LogP) is 0.171. The molecule has 0 atom stereocenters. The predicted molar refractivity (Wildman–Crippen MR) is 88.4 cm³/mol. The molecule has 1 aliphatic heterocycles. The van der Waals surface area contributed by atoms with Crippen molar-refractivity contribution in [2.24, 2.45) is 0 Å². The molecule has 1 N–H and O–H groups in total. The minimum Gasteiger partial charge on any atom is -0.503 e. The van der Waals surface area contributed by atoms with Gasteiger partial charge in [0.2, 0.25) is 5.43 Å². The maximum absolute atomic E-state index is 11.9. The van der Waals surface area contributed by atoms with Gasteiger partial charge < -0.3 is 19.5 Å². The molecule has 6 nitrogen and oxygen atoms in total. The van der Waals surface area contributed by atoms with Crippen LogP contribution in [0.3, 0.4) is 0 Å². The Kier molecular flexibility index (Phi) is 5.61. The summed E-state index contributed by atoms with van der Waals surface area (Å²) >= 11 is 0. The molecule has 0 saturated carbocycles. The molecule has 0 spiro atoms.